The molecular weight excluding hydrogens is 867 g/mol. The molecule has 0 radical (unpaired) electrons. The lowest BCUT2D eigenvalue weighted by atomic mass is 9.55. The molecule has 3 aliphatic carbocycles. The van der Waals surface area contributed by atoms with Crippen molar-refractivity contribution in [2.45, 2.75) is 147 Å². The first kappa shape index (κ1) is 48.9. The van der Waals surface area contributed by atoms with Crippen LogP contribution in [-0.2, 0) is 32.3 Å². The molecule has 1 aromatic heterocycles. The number of carbonyl (C=O) groups is 1. The van der Waals surface area contributed by atoms with E-state index in [0.717, 1.165) is 109 Å². The third kappa shape index (κ3) is 11.1. The van der Waals surface area contributed by atoms with E-state index < -0.39 is 24.0 Å². The Morgan fingerprint density at radius 1 is 0.928 bits per heavy atom. The molecular formula is C58H73N3O8. The Morgan fingerprint density at radius 3 is 2.52 bits per heavy atom. The lowest BCUT2D eigenvalue weighted by Crippen LogP contribution is -2.70. The number of fused-ring (bicyclic) bond motifs is 3. The van der Waals surface area contributed by atoms with Gasteiger partial charge in [-0.2, -0.15) is 0 Å². The van der Waals surface area contributed by atoms with E-state index in [9.17, 15) is 10.2 Å². The van der Waals surface area contributed by atoms with Crippen molar-refractivity contribution in [3.63, 3.8) is 0 Å². The van der Waals surface area contributed by atoms with Crippen LogP contribution < -0.4 is 9.47 Å². The number of allylic oxidation sites excluding steroid dienone is 1. The molecule has 4 aromatic rings. The topological polar surface area (TPSA) is 132 Å². The molecule has 11 heteroatoms. The second kappa shape index (κ2) is 23.2. The Hall–Kier alpha value is -5.07. The Labute approximate surface area is 408 Å². The van der Waals surface area contributed by atoms with Gasteiger partial charge in [-0.3, -0.25) is 9.78 Å². The van der Waals surface area contributed by atoms with Gasteiger partial charge in [0.05, 0.1) is 30.5 Å². The molecule has 1 saturated heterocycles. The summed E-state index contributed by atoms with van der Waals surface area (Å²) >= 11 is 0. The first-order valence-corrected chi connectivity index (χ1v) is 26.1. The Morgan fingerprint density at radius 2 is 1.72 bits per heavy atom. The van der Waals surface area contributed by atoms with E-state index in [0.29, 0.717) is 62.9 Å². The number of hydrogen-bond acceptors (Lipinski definition) is 10. The number of aliphatic hydroxyl groups excluding tert-OH is 2. The number of nitrogens with zero attached hydrogens (tertiary/aromatic N) is 3. The maximum atomic E-state index is 15.5. The fourth-order valence-corrected chi connectivity index (χ4v) is 12.2. The highest BCUT2D eigenvalue weighted by Gasteiger charge is 2.65. The van der Waals surface area contributed by atoms with Gasteiger partial charge in [0.2, 0.25) is 18.0 Å². The minimum absolute atomic E-state index is 0.0707. The highest BCUT2D eigenvalue weighted by atomic mass is 16.8. The standard InChI is InChI=1S/C58H73N3O8/c1-3-33-67-58-53(61(54(64)30-27-41-17-4-5-18-41)38-44-22-15-21-42-19-6-7-24-47(42)44)37-51(60-69-55-26-10-13-34-65-55)49-35-43(20-8-11-31-62)48(25-9-12-32-63)56(57(49)58)50-36-46(28-29-52(50)68-58)66-39-45-23-14-16-40(2)59-45/h3,6-7,14-16,19,21-24,28-29,35-36,41,43,48,53,55-57,62-63H,1,4-5,8-13,17-18,20,25-27,30-34,37-39H2,2H3. The molecule has 368 valence electrons. The van der Waals surface area contributed by atoms with E-state index in [2.05, 4.69) is 66.1 Å². The van der Waals surface area contributed by atoms with Gasteiger partial charge < -0.3 is 38.9 Å². The predicted molar refractivity (Wildman–Crippen MR) is 269 cm³/mol. The average Bonchev–Trinajstić information content (AvgIpc) is 3.91. The van der Waals surface area contributed by atoms with Crippen molar-refractivity contribution in [1.29, 1.82) is 0 Å². The van der Waals surface area contributed by atoms with Crippen molar-refractivity contribution in [3.05, 3.63) is 126 Å². The fourth-order valence-electron chi connectivity index (χ4n) is 12.2. The summed E-state index contributed by atoms with van der Waals surface area (Å²) in [6.07, 6.45) is 17.5. The molecule has 3 aromatic carbocycles. The van der Waals surface area contributed by atoms with Crippen molar-refractivity contribution in [2.75, 3.05) is 26.4 Å². The summed E-state index contributed by atoms with van der Waals surface area (Å²) in [6, 6.07) is 26.2. The highest BCUT2D eigenvalue weighted by Crippen LogP contribution is 2.62. The summed E-state index contributed by atoms with van der Waals surface area (Å²) in [4.78, 5) is 28.8. The molecule has 2 saturated carbocycles. The molecule has 2 aliphatic heterocycles. The van der Waals surface area contributed by atoms with E-state index in [1.54, 1.807) is 6.08 Å². The number of benzene rings is 3. The summed E-state index contributed by atoms with van der Waals surface area (Å²) in [7, 11) is 0. The lowest BCUT2D eigenvalue weighted by molar-refractivity contribution is -0.258. The van der Waals surface area contributed by atoms with Crippen LogP contribution >= 0.6 is 0 Å². The maximum Gasteiger partial charge on any atom is 0.239 e. The van der Waals surface area contributed by atoms with Crippen LogP contribution in [0, 0.1) is 30.6 Å². The number of aryl methyl sites for hydroxylation is 1. The second-order valence-electron chi connectivity index (χ2n) is 20.1. The van der Waals surface area contributed by atoms with E-state index in [1.165, 1.54) is 12.8 Å². The number of carbonyl (C=O) groups excluding carboxylic acids is 1. The first-order chi connectivity index (χ1) is 33.9. The van der Waals surface area contributed by atoms with Crippen LogP contribution in [0.5, 0.6) is 11.5 Å². The van der Waals surface area contributed by atoms with Crippen molar-refractivity contribution >= 4 is 22.4 Å². The molecule has 11 nitrogen and oxygen atoms in total. The molecule has 9 rings (SSSR count). The molecule has 3 fully saturated rings. The van der Waals surface area contributed by atoms with Gasteiger partial charge in [0.15, 0.2) is 0 Å². The molecule has 7 atom stereocenters. The number of rotatable bonds is 22. The number of hydrogen-bond donors (Lipinski definition) is 2. The summed E-state index contributed by atoms with van der Waals surface area (Å²) in [5.74, 6) is 0.212. The van der Waals surface area contributed by atoms with Crippen LogP contribution in [-0.4, -0.2) is 76.3 Å². The van der Waals surface area contributed by atoms with Gasteiger partial charge in [0.1, 0.15) is 24.1 Å². The summed E-state index contributed by atoms with van der Waals surface area (Å²) in [6.45, 7) is 7.85. The van der Waals surface area contributed by atoms with Crippen LogP contribution in [0.1, 0.15) is 131 Å². The molecule has 1 amide bonds. The number of aliphatic hydroxyl groups is 2. The van der Waals surface area contributed by atoms with Gasteiger partial charge in [0.25, 0.3) is 0 Å². The SMILES string of the molecule is C=CCOC12Oc3ccc(OCc4cccc(C)n4)cc3C3C(CCCCO)C(CCCCO)C=C(C(=NOC4CCCCO4)CC1N(Cc1cccc4ccccc14)C(=O)CCC1CCCC1)C32. The van der Waals surface area contributed by atoms with Crippen LogP contribution in [0.25, 0.3) is 10.8 Å². The fraction of sp³-hybridized carbons (Fsp3) is 0.534. The molecule has 3 heterocycles. The third-order valence-corrected chi connectivity index (χ3v) is 15.6. The van der Waals surface area contributed by atoms with Crippen LogP contribution in [0.2, 0.25) is 0 Å². The van der Waals surface area contributed by atoms with Gasteiger partial charge in [-0.1, -0.05) is 104 Å². The van der Waals surface area contributed by atoms with E-state index in [4.69, 9.17) is 33.9 Å². The molecule has 5 aliphatic rings. The average molecular weight is 940 g/mol. The van der Waals surface area contributed by atoms with Crippen molar-refractivity contribution in [3.8, 4) is 11.5 Å². The monoisotopic (exact) mass is 940 g/mol. The Kier molecular flexibility index (Phi) is 16.5. The number of aromatic nitrogens is 1. The molecule has 0 spiro atoms. The van der Waals surface area contributed by atoms with E-state index in [1.807, 2.05) is 37.3 Å². The molecule has 7 unspecified atom stereocenters. The van der Waals surface area contributed by atoms with Crippen LogP contribution in [0.4, 0.5) is 0 Å². The van der Waals surface area contributed by atoms with Crippen molar-refractivity contribution in [1.82, 2.24) is 9.88 Å². The highest BCUT2D eigenvalue weighted by molar-refractivity contribution is 6.03. The smallest absolute Gasteiger partial charge is 0.239 e. The number of oxime groups is 1. The van der Waals surface area contributed by atoms with Gasteiger partial charge >= 0.3 is 0 Å². The summed E-state index contributed by atoms with van der Waals surface area (Å²) < 4.78 is 27.6. The van der Waals surface area contributed by atoms with E-state index >= 15 is 4.79 Å². The number of amides is 1. The Bertz CT molecular complexity index is 2420. The summed E-state index contributed by atoms with van der Waals surface area (Å²) in [5, 5.41) is 27.5. The van der Waals surface area contributed by atoms with Gasteiger partial charge in [-0.05, 0) is 122 Å². The van der Waals surface area contributed by atoms with E-state index in [-0.39, 0.29) is 43.5 Å². The van der Waals surface area contributed by atoms with Gasteiger partial charge in [-0.25, -0.2) is 0 Å². The molecule has 69 heavy (non-hydrogen) atoms. The number of pyridine rings is 1. The Balaban J connectivity index is 1.23. The maximum absolute atomic E-state index is 15.5. The minimum Gasteiger partial charge on any atom is -0.487 e. The number of unbranched alkanes of at least 4 members (excludes halogenated alkanes) is 2. The van der Waals surface area contributed by atoms with Gasteiger partial charge in [-0.15, -0.1) is 6.58 Å². The van der Waals surface area contributed by atoms with Gasteiger partial charge in [0, 0.05) is 56.2 Å². The largest absolute Gasteiger partial charge is 0.487 e. The zero-order valence-electron chi connectivity index (χ0n) is 40.7. The third-order valence-electron chi connectivity index (χ3n) is 15.6. The van der Waals surface area contributed by atoms with Crippen LogP contribution in [0.15, 0.2) is 108 Å². The predicted octanol–water partition coefficient (Wildman–Crippen LogP) is 11.3. The zero-order chi connectivity index (χ0) is 47.6. The molecule has 2 N–H and O–H groups in total. The summed E-state index contributed by atoms with van der Waals surface area (Å²) in [5.41, 5.74) is 5.63. The van der Waals surface area contributed by atoms with Crippen LogP contribution in [0.3, 0.4) is 0 Å². The molecule has 0 bridgehead atoms. The second-order valence-corrected chi connectivity index (χ2v) is 20.1. The first-order valence-electron chi connectivity index (χ1n) is 26.1. The quantitative estimate of drug-likeness (QED) is 0.0449. The number of ether oxygens (including phenoxy) is 4. The normalized spacial score (nSPS) is 25.9. The van der Waals surface area contributed by atoms with Crippen molar-refractivity contribution < 1.29 is 38.8 Å². The van der Waals surface area contributed by atoms with Crippen molar-refractivity contribution in [2.24, 2.45) is 28.8 Å². The lowest BCUT2D eigenvalue weighted by Gasteiger charge is -2.60. The minimum atomic E-state index is -1.37. The zero-order valence-corrected chi connectivity index (χ0v) is 40.7.